The van der Waals surface area contributed by atoms with Crippen molar-refractivity contribution in [3.63, 3.8) is 0 Å². The molecule has 13 rings (SSSR count). The van der Waals surface area contributed by atoms with E-state index in [4.69, 9.17) is 0 Å². The predicted molar refractivity (Wildman–Crippen MR) is 289 cm³/mol. The Morgan fingerprint density at radius 1 is 0.394 bits per heavy atom. The van der Waals surface area contributed by atoms with E-state index in [-0.39, 0.29) is 0 Å². The Morgan fingerprint density at radius 2 is 0.803 bits per heavy atom. The SMILES string of the molecule is CC(C)Sc1ccc2c(c1)c1c(N(c3ccccc3)c3ccccc3)ccc3c4cc5c(cc4n2c31)c1ccc(N(c2ccccc2)c2ccccc2)c2c3cc([Si](C)(C)C)ccc3n5c12. The number of fused-ring (bicyclic) bond motifs is 12. The van der Waals surface area contributed by atoms with Crippen molar-refractivity contribution in [2.24, 2.45) is 0 Å². The van der Waals surface area contributed by atoms with E-state index in [0.29, 0.717) is 5.25 Å². The molecule has 66 heavy (non-hydrogen) atoms. The Hall–Kier alpha value is -7.25. The van der Waals surface area contributed by atoms with Crippen LogP contribution in [0.4, 0.5) is 34.1 Å². The number of hydrogen-bond donors (Lipinski definition) is 0. The van der Waals surface area contributed by atoms with Gasteiger partial charge in [-0.05, 0) is 97.1 Å². The van der Waals surface area contributed by atoms with Crippen molar-refractivity contribution in [3.8, 4) is 0 Å². The molecule has 0 aliphatic carbocycles. The minimum absolute atomic E-state index is 0.471. The second kappa shape index (κ2) is 14.6. The van der Waals surface area contributed by atoms with Crippen molar-refractivity contribution in [1.82, 2.24) is 8.80 Å². The summed E-state index contributed by atoms with van der Waals surface area (Å²) in [5, 5.41) is 12.2. The van der Waals surface area contributed by atoms with Gasteiger partial charge in [0.2, 0.25) is 0 Å². The fourth-order valence-corrected chi connectivity index (χ4v) is 12.9. The maximum absolute atomic E-state index is 2.58. The molecule has 4 aromatic heterocycles. The summed E-state index contributed by atoms with van der Waals surface area (Å²) >= 11 is 1.93. The van der Waals surface area contributed by atoms with Crippen LogP contribution < -0.4 is 15.0 Å². The van der Waals surface area contributed by atoms with Gasteiger partial charge in [-0.1, -0.05) is 136 Å². The van der Waals surface area contributed by atoms with Crippen molar-refractivity contribution in [1.29, 1.82) is 0 Å². The smallest absolute Gasteiger partial charge is 0.0776 e. The van der Waals surface area contributed by atoms with E-state index < -0.39 is 8.07 Å². The van der Waals surface area contributed by atoms with Crippen LogP contribution in [0.15, 0.2) is 199 Å². The van der Waals surface area contributed by atoms with Crippen LogP contribution in [0, 0.1) is 0 Å². The molecule has 4 nitrogen and oxygen atoms in total. The summed E-state index contributed by atoms with van der Waals surface area (Å²) in [6, 6.07) is 72.4. The maximum atomic E-state index is 2.58. The number of para-hydroxylation sites is 4. The summed E-state index contributed by atoms with van der Waals surface area (Å²) < 4.78 is 5.15. The molecule has 6 heteroatoms. The number of benzene rings is 9. The molecule has 0 atom stereocenters. The van der Waals surface area contributed by atoms with Gasteiger partial charge in [0.05, 0.1) is 52.5 Å². The summed E-state index contributed by atoms with van der Waals surface area (Å²) in [6.07, 6.45) is 0. The molecule has 9 aromatic carbocycles. The molecule has 0 aliphatic rings. The molecule has 0 amide bonds. The minimum atomic E-state index is -1.66. The molecular weight excluding hydrogens is 837 g/mol. The van der Waals surface area contributed by atoms with Crippen molar-refractivity contribution in [2.45, 2.75) is 43.6 Å². The van der Waals surface area contributed by atoms with E-state index in [1.807, 2.05) is 11.8 Å². The number of rotatable bonds is 9. The van der Waals surface area contributed by atoms with Crippen LogP contribution in [0.2, 0.25) is 19.6 Å². The lowest BCUT2D eigenvalue weighted by atomic mass is 10.0. The molecule has 0 bridgehead atoms. The van der Waals surface area contributed by atoms with Gasteiger partial charge in [0.1, 0.15) is 0 Å². The third-order valence-corrected chi connectivity index (χ3v) is 16.7. The molecule has 4 heterocycles. The summed E-state index contributed by atoms with van der Waals surface area (Å²) in [4.78, 5) is 6.18. The van der Waals surface area contributed by atoms with E-state index in [0.717, 1.165) is 22.7 Å². The molecule has 0 saturated heterocycles. The summed E-state index contributed by atoms with van der Waals surface area (Å²) in [5.74, 6) is 0. The third-order valence-electron chi connectivity index (χ3n) is 13.7. The number of thioether (sulfide) groups is 1. The first kappa shape index (κ1) is 39.1. The fourth-order valence-electron chi connectivity index (χ4n) is 10.9. The second-order valence-corrected chi connectivity index (χ2v) is 25.8. The van der Waals surface area contributed by atoms with E-state index >= 15 is 0 Å². The molecule has 0 fully saturated rings. The molecule has 0 saturated carbocycles. The van der Waals surface area contributed by atoms with Gasteiger partial charge >= 0.3 is 0 Å². The highest BCUT2D eigenvalue weighted by molar-refractivity contribution is 7.99. The zero-order chi connectivity index (χ0) is 44.4. The normalized spacial score (nSPS) is 12.5. The van der Waals surface area contributed by atoms with Crippen molar-refractivity contribution in [2.75, 3.05) is 9.80 Å². The number of aromatic nitrogens is 2. The molecule has 13 aromatic rings. The van der Waals surface area contributed by atoms with Crippen LogP contribution in [-0.4, -0.2) is 22.1 Å². The lowest BCUT2D eigenvalue weighted by Gasteiger charge is -2.26. The highest BCUT2D eigenvalue weighted by Gasteiger charge is 2.29. The van der Waals surface area contributed by atoms with E-state index in [2.05, 4.69) is 246 Å². The van der Waals surface area contributed by atoms with E-state index in [1.54, 1.807) is 0 Å². The molecule has 0 aliphatic heterocycles. The maximum Gasteiger partial charge on any atom is 0.0776 e. The van der Waals surface area contributed by atoms with Crippen LogP contribution >= 0.6 is 11.8 Å². The van der Waals surface area contributed by atoms with Gasteiger partial charge in [-0.25, -0.2) is 0 Å². The Bertz CT molecular complexity index is 3890. The fraction of sp³-hybridized carbons (Fsp3) is 0.100. The Kier molecular flexibility index (Phi) is 8.68. The Balaban J connectivity index is 1.15. The highest BCUT2D eigenvalue weighted by atomic mass is 32.2. The molecule has 0 N–H and O–H groups in total. The predicted octanol–water partition coefficient (Wildman–Crippen LogP) is 17.0. The average molecular weight is 885 g/mol. The van der Waals surface area contributed by atoms with Gasteiger partial charge in [0, 0.05) is 76.0 Å². The van der Waals surface area contributed by atoms with Crippen molar-refractivity contribution >= 4 is 135 Å². The van der Waals surface area contributed by atoms with E-state index in [1.165, 1.54) is 97.6 Å². The summed E-state index contributed by atoms with van der Waals surface area (Å²) in [5.41, 5.74) is 14.4. The molecule has 0 radical (unpaired) electrons. The van der Waals surface area contributed by atoms with Gasteiger partial charge in [0.15, 0.2) is 0 Å². The lowest BCUT2D eigenvalue weighted by molar-refractivity contribution is 1.11. The highest BCUT2D eigenvalue weighted by Crippen LogP contribution is 2.51. The number of anilines is 6. The summed E-state index contributed by atoms with van der Waals surface area (Å²) in [7, 11) is -1.66. The summed E-state index contributed by atoms with van der Waals surface area (Å²) in [6.45, 7) is 11.9. The number of nitrogens with zero attached hydrogens (tertiary/aromatic N) is 4. The van der Waals surface area contributed by atoms with Gasteiger partial charge in [-0.15, -0.1) is 11.8 Å². The first-order valence-electron chi connectivity index (χ1n) is 23.1. The van der Waals surface area contributed by atoms with Crippen molar-refractivity contribution < 1.29 is 0 Å². The van der Waals surface area contributed by atoms with Crippen LogP contribution in [0.1, 0.15) is 13.8 Å². The Morgan fingerprint density at radius 3 is 1.21 bits per heavy atom. The van der Waals surface area contributed by atoms with Gasteiger partial charge in [-0.3, -0.25) is 0 Å². The van der Waals surface area contributed by atoms with Gasteiger partial charge in [-0.2, -0.15) is 0 Å². The van der Waals surface area contributed by atoms with E-state index in [9.17, 15) is 0 Å². The molecule has 318 valence electrons. The average Bonchev–Trinajstić information content (AvgIpc) is 4.06. The quantitative estimate of drug-likeness (QED) is 0.106. The number of hydrogen-bond acceptors (Lipinski definition) is 3. The Labute approximate surface area is 389 Å². The third kappa shape index (κ3) is 5.78. The first-order chi connectivity index (χ1) is 32.2. The zero-order valence-corrected chi connectivity index (χ0v) is 39.6. The van der Waals surface area contributed by atoms with Crippen molar-refractivity contribution in [3.05, 3.63) is 194 Å². The molecule has 0 spiro atoms. The van der Waals surface area contributed by atoms with Gasteiger partial charge in [0.25, 0.3) is 0 Å². The largest absolute Gasteiger partial charge is 0.310 e. The van der Waals surface area contributed by atoms with Crippen LogP contribution in [0.5, 0.6) is 0 Å². The minimum Gasteiger partial charge on any atom is -0.310 e. The lowest BCUT2D eigenvalue weighted by Crippen LogP contribution is -2.37. The second-order valence-electron chi connectivity index (χ2n) is 19.1. The van der Waals surface area contributed by atoms with Crippen LogP contribution in [-0.2, 0) is 0 Å². The molecule has 0 unspecified atom stereocenters. The van der Waals surface area contributed by atoms with Gasteiger partial charge < -0.3 is 18.6 Å². The topological polar surface area (TPSA) is 15.3 Å². The molecular formula is C60H48N4SSi. The standard InChI is InChI=1S/C60H48N4SSi/c1-38(2)65-43-26-30-51-49(34-43)57-53(61(39-18-10-6-11-19-39)40-20-12-7-13-21-40)32-28-45-47-37-56-48(36-55(47)63(51)59(45)57)46-29-33-54(62(41-22-14-8-15-23-41)42-24-16-9-17-25-42)58-50-35-44(66(3,4)5)27-31-52(50)64(56)60(46)58/h6-38H,1-5H3. The van der Waals surface area contributed by atoms with Crippen LogP contribution in [0.25, 0.3) is 76.2 Å². The van der Waals surface area contributed by atoms with Crippen LogP contribution in [0.3, 0.4) is 0 Å². The zero-order valence-electron chi connectivity index (χ0n) is 37.7. The first-order valence-corrected chi connectivity index (χ1v) is 27.5. The monoisotopic (exact) mass is 884 g/mol.